The molecule has 0 atom stereocenters. The fraction of sp³-hybridized carbons (Fsp3) is 0.846. The summed E-state index contributed by atoms with van der Waals surface area (Å²) in [5, 5.41) is 0. The molecule has 0 unspecified atom stereocenters. The summed E-state index contributed by atoms with van der Waals surface area (Å²) in [6, 6.07) is 0. The Bertz CT molecular complexity index is 294. The number of piperidine rings is 1. The van der Waals surface area contributed by atoms with E-state index in [1.807, 2.05) is 4.90 Å². The third-order valence-electron chi connectivity index (χ3n) is 3.35. The van der Waals surface area contributed by atoms with E-state index in [-0.39, 0.29) is 5.91 Å². The molecule has 1 amide bonds. The summed E-state index contributed by atoms with van der Waals surface area (Å²) < 4.78 is 5.08. The fourth-order valence-corrected chi connectivity index (χ4v) is 2.28. The summed E-state index contributed by atoms with van der Waals surface area (Å²) in [7, 11) is 1.66. The summed E-state index contributed by atoms with van der Waals surface area (Å²) in [5.74, 6) is 0.207. The first-order valence-corrected chi connectivity index (χ1v) is 7.31. The number of nitrogens with two attached hydrogens (primary N) is 1. The van der Waals surface area contributed by atoms with Crippen LogP contribution < -0.4 is 5.73 Å². The average Bonchev–Trinajstić information content (AvgIpc) is 2.42. The zero-order valence-electron chi connectivity index (χ0n) is 11.8. The SMILES string of the molecule is COCCN(CCC(N)=S)CC(=O)N1CCCCC1. The number of likely N-dealkylation sites (tertiary alicyclic amines) is 1. The standard InChI is InChI=1S/C13H25N3O2S/c1-18-10-9-15(8-5-12(14)19)11-13(17)16-6-3-2-4-7-16/h2-11H2,1H3,(H2,14,19). The highest BCUT2D eigenvalue weighted by Crippen LogP contribution is 2.09. The van der Waals surface area contributed by atoms with Crippen LogP contribution >= 0.6 is 12.2 Å². The molecule has 1 saturated heterocycles. The Balaban J connectivity index is 2.39. The van der Waals surface area contributed by atoms with Gasteiger partial charge in [-0.3, -0.25) is 9.69 Å². The molecule has 0 aliphatic carbocycles. The molecule has 0 bridgehead atoms. The van der Waals surface area contributed by atoms with Gasteiger partial charge in [-0.05, 0) is 19.3 Å². The van der Waals surface area contributed by atoms with Gasteiger partial charge in [-0.25, -0.2) is 0 Å². The Kier molecular flexibility index (Phi) is 7.93. The smallest absolute Gasteiger partial charge is 0.236 e. The Morgan fingerprint density at radius 2 is 2.00 bits per heavy atom. The van der Waals surface area contributed by atoms with Crippen molar-refractivity contribution in [3.05, 3.63) is 0 Å². The van der Waals surface area contributed by atoms with Crippen LogP contribution in [0.15, 0.2) is 0 Å². The highest BCUT2D eigenvalue weighted by molar-refractivity contribution is 7.80. The second kappa shape index (κ2) is 9.23. The van der Waals surface area contributed by atoms with Crippen LogP contribution in [0, 0.1) is 0 Å². The van der Waals surface area contributed by atoms with E-state index < -0.39 is 0 Å². The third kappa shape index (κ3) is 6.84. The first-order valence-electron chi connectivity index (χ1n) is 6.91. The zero-order chi connectivity index (χ0) is 14.1. The lowest BCUT2D eigenvalue weighted by atomic mass is 10.1. The van der Waals surface area contributed by atoms with Crippen molar-refractivity contribution in [3.8, 4) is 0 Å². The van der Waals surface area contributed by atoms with Gasteiger partial charge in [-0.2, -0.15) is 0 Å². The molecule has 6 heteroatoms. The molecular formula is C13H25N3O2S. The van der Waals surface area contributed by atoms with E-state index in [1.165, 1.54) is 6.42 Å². The predicted molar refractivity (Wildman–Crippen MR) is 80.1 cm³/mol. The van der Waals surface area contributed by atoms with E-state index in [1.54, 1.807) is 7.11 Å². The van der Waals surface area contributed by atoms with Gasteiger partial charge < -0.3 is 15.4 Å². The van der Waals surface area contributed by atoms with Crippen LogP contribution in [0.1, 0.15) is 25.7 Å². The molecule has 1 aliphatic rings. The molecule has 1 heterocycles. The van der Waals surface area contributed by atoms with Crippen LogP contribution in [0.4, 0.5) is 0 Å². The molecule has 1 aliphatic heterocycles. The normalized spacial score (nSPS) is 15.8. The van der Waals surface area contributed by atoms with Crippen LogP contribution in [-0.4, -0.2) is 67.1 Å². The Morgan fingerprint density at radius 1 is 1.32 bits per heavy atom. The number of rotatable bonds is 8. The van der Waals surface area contributed by atoms with Crippen LogP contribution in [0.2, 0.25) is 0 Å². The molecule has 19 heavy (non-hydrogen) atoms. The average molecular weight is 287 g/mol. The minimum Gasteiger partial charge on any atom is -0.393 e. The molecule has 2 N–H and O–H groups in total. The van der Waals surface area contributed by atoms with Crippen molar-refractivity contribution in [1.29, 1.82) is 0 Å². The van der Waals surface area contributed by atoms with Crippen LogP contribution in [0.3, 0.4) is 0 Å². The number of thiocarbonyl (C=S) groups is 1. The maximum Gasteiger partial charge on any atom is 0.236 e. The topological polar surface area (TPSA) is 58.8 Å². The molecule has 1 fully saturated rings. The van der Waals surface area contributed by atoms with Gasteiger partial charge in [0.15, 0.2) is 0 Å². The van der Waals surface area contributed by atoms with Gasteiger partial charge in [0.1, 0.15) is 0 Å². The number of amides is 1. The highest BCUT2D eigenvalue weighted by atomic mass is 32.1. The lowest BCUT2D eigenvalue weighted by Gasteiger charge is -2.30. The van der Waals surface area contributed by atoms with Crippen molar-refractivity contribution in [3.63, 3.8) is 0 Å². The summed E-state index contributed by atoms with van der Waals surface area (Å²) in [5.41, 5.74) is 5.52. The van der Waals surface area contributed by atoms with Gasteiger partial charge in [0.2, 0.25) is 5.91 Å². The van der Waals surface area contributed by atoms with E-state index >= 15 is 0 Å². The van der Waals surface area contributed by atoms with Crippen molar-refractivity contribution in [2.75, 3.05) is 46.4 Å². The molecular weight excluding hydrogens is 262 g/mol. The van der Waals surface area contributed by atoms with E-state index in [0.29, 0.717) is 24.6 Å². The van der Waals surface area contributed by atoms with Crippen molar-refractivity contribution < 1.29 is 9.53 Å². The molecule has 0 saturated carbocycles. The van der Waals surface area contributed by atoms with Crippen molar-refractivity contribution >= 4 is 23.1 Å². The molecule has 0 aromatic rings. The first-order chi connectivity index (χ1) is 9.13. The van der Waals surface area contributed by atoms with Gasteiger partial charge in [-0.15, -0.1) is 0 Å². The minimum absolute atomic E-state index is 0.207. The maximum atomic E-state index is 12.2. The maximum absolute atomic E-state index is 12.2. The molecule has 0 aromatic heterocycles. The summed E-state index contributed by atoms with van der Waals surface area (Å²) >= 11 is 4.89. The van der Waals surface area contributed by atoms with Crippen LogP contribution in [0.5, 0.6) is 0 Å². The minimum atomic E-state index is 0.207. The monoisotopic (exact) mass is 287 g/mol. The Morgan fingerprint density at radius 3 is 2.58 bits per heavy atom. The van der Waals surface area contributed by atoms with Crippen molar-refractivity contribution in [2.45, 2.75) is 25.7 Å². The molecule has 0 radical (unpaired) electrons. The van der Waals surface area contributed by atoms with E-state index in [0.717, 1.165) is 39.0 Å². The summed E-state index contributed by atoms with van der Waals surface area (Å²) in [6.45, 7) is 4.30. The molecule has 0 spiro atoms. The van der Waals surface area contributed by atoms with Gasteiger partial charge in [-0.1, -0.05) is 12.2 Å². The second-order valence-corrected chi connectivity index (χ2v) is 5.45. The van der Waals surface area contributed by atoms with Crippen LogP contribution in [-0.2, 0) is 9.53 Å². The fourth-order valence-electron chi connectivity index (χ4n) is 2.19. The summed E-state index contributed by atoms with van der Waals surface area (Å²) in [6.07, 6.45) is 4.12. The highest BCUT2D eigenvalue weighted by Gasteiger charge is 2.19. The second-order valence-electron chi connectivity index (χ2n) is 4.93. The Hall–Kier alpha value is -0.720. The van der Waals surface area contributed by atoms with E-state index in [9.17, 15) is 4.79 Å². The number of hydrogen-bond acceptors (Lipinski definition) is 4. The van der Waals surface area contributed by atoms with Gasteiger partial charge >= 0.3 is 0 Å². The van der Waals surface area contributed by atoms with Crippen molar-refractivity contribution in [1.82, 2.24) is 9.80 Å². The van der Waals surface area contributed by atoms with E-state index in [4.69, 9.17) is 22.7 Å². The predicted octanol–water partition coefficient (Wildman–Crippen LogP) is 0.624. The van der Waals surface area contributed by atoms with Crippen molar-refractivity contribution in [2.24, 2.45) is 5.73 Å². The molecule has 0 aromatic carbocycles. The largest absolute Gasteiger partial charge is 0.393 e. The van der Waals surface area contributed by atoms with Gasteiger partial charge in [0.05, 0.1) is 18.1 Å². The number of hydrogen-bond donors (Lipinski definition) is 1. The number of methoxy groups -OCH3 is 1. The lowest BCUT2D eigenvalue weighted by molar-refractivity contribution is -0.133. The first kappa shape index (κ1) is 16.3. The Labute approximate surface area is 121 Å². The zero-order valence-corrected chi connectivity index (χ0v) is 12.6. The van der Waals surface area contributed by atoms with Gasteiger partial charge in [0, 0.05) is 39.7 Å². The number of carbonyl (C=O) groups excluding carboxylic acids is 1. The molecule has 1 rings (SSSR count). The van der Waals surface area contributed by atoms with E-state index in [2.05, 4.69) is 4.90 Å². The third-order valence-corrected chi connectivity index (χ3v) is 3.56. The number of carbonyl (C=O) groups is 1. The lowest BCUT2D eigenvalue weighted by Crippen LogP contribution is -2.44. The van der Waals surface area contributed by atoms with Gasteiger partial charge in [0.25, 0.3) is 0 Å². The number of nitrogens with zero attached hydrogens (tertiary/aromatic N) is 2. The van der Waals surface area contributed by atoms with Crippen LogP contribution in [0.25, 0.3) is 0 Å². The molecule has 110 valence electrons. The molecule has 5 nitrogen and oxygen atoms in total. The summed E-state index contributed by atoms with van der Waals surface area (Å²) in [4.78, 5) is 16.7. The quantitative estimate of drug-likeness (QED) is 0.663. The number of ether oxygens (including phenoxy) is 1.